The van der Waals surface area contributed by atoms with Crippen LogP contribution in [0.5, 0.6) is 0 Å². The number of nitrogens with zero attached hydrogens (tertiary/aromatic N) is 4. The smallest absolute Gasteiger partial charge is 0.230 e. The predicted molar refractivity (Wildman–Crippen MR) is 139 cm³/mol. The van der Waals surface area contributed by atoms with Crippen molar-refractivity contribution in [3.63, 3.8) is 0 Å². The van der Waals surface area contributed by atoms with Gasteiger partial charge in [-0.1, -0.05) is 44.5 Å². The number of anilines is 2. The zero-order valence-electron chi connectivity index (χ0n) is 20.9. The van der Waals surface area contributed by atoms with Crippen LogP contribution in [-0.2, 0) is 9.59 Å². The molecule has 0 aliphatic carbocycles. The molecule has 188 valence electrons. The Hall–Kier alpha value is -2.71. The molecule has 1 fully saturated rings. The quantitative estimate of drug-likeness (QED) is 0.603. The Labute approximate surface area is 212 Å². The van der Waals surface area contributed by atoms with Gasteiger partial charge in [-0.05, 0) is 43.5 Å². The highest BCUT2D eigenvalue weighted by Gasteiger charge is 2.35. The highest BCUT2D eigenvalue weighted by molar-refractivity contribution is 6.30. The fourth-order valence-electron chi connectivity index (χ4n) is 5.08. The lowest BCUT2D eigenvalue weighted by atomic mass is 9.92. The molecular weight excluding hydrogens is 464 g/mol. The Morgan fingerprint density at radius 3 is 2.63 bits per heavy atom. The van der Waals surface area contributed by atoms with Crippen LogP contribution in [0.3, 0.4) is 0 Å². The summed E-state index contributed by atoms with van der Waals surface area (Å²) in [5.74, 6) is 1.42. The molecule has 1 aromatic heterocycles. The molecule has 2 N–H and O–H groups in total. The van der Waals surface area contributed by atoms with Crippen molar-refractivity contribution in [3.8, 4) is 0 Å². The number of rotatable bonds is 7. The number of hydrogen-bond donors (Lipinski definition) is 2. The maximum Gasteiger partial charge on any atom is 0.230 e. The van der Waals surface area contributed by atoms with Crippen LogP contribution in [0.2, 0.25) is 5.02 Å². The van der Waals surface area contributed by atoms with Crippen molar-refractivity contribution in [1.29, 1.82) is 0 Å². The maximum atomic E-state index is 13.8. The summed E-state index contributed by atoms with van der Waals surface area (Å²) in [6.45, 7) is 11.1. The molecule has 0 spiro atoms. The number of fused-ring (bicyclic) bond motifs is 1. The van der Waals surface area contributed by atoms with Crippen molar-refractivity contribution < 1.29 is 9.59 Å². The molecule has 2 aliphatic rings. The molecule has 35 heavy (non-hydrogen) atoms. The predicted octanol–water partition coefficient (Wildman–Crippen LogP) is 3.78. The largest absolute Gasteiger partial charge is 0.352 e. The first kappa shape index (κ1) is 25.4. The van der Waals surface area contributed by atoms with Crippen LogP contribution in [0.15, 0.2) is 30.6 Å². The van der Waals surface area contributed by atoms with E-state index < -0.39 is 0 Å². The molecule has 1 saturated heterocycles. The minimum absolute atomic E-state index is 0.0152. The molecule has 0 bridgehead atoms. The van der Waals surface area contributed by atoms with Gasteiger partial charge in [-0.15, -0.1) is 0 Å². The van der Waals surface area contributed by atoms with Crippen molar-refractivity contribution >= 4 is 35.1 Å². The van der Waals surface area contributed by atoms with E-state index in [1.807, 2.05) is 36.1 Å². The number of nitrogens with one attached hydrogen (secondary N) is 2. The molecular formula is C26H35ClN6O2. The number of halogens is 1. The second kappa shape index (κ2) is 10.9. The second-order valence-corrected chi connectivity index (χ2v) is 10.4. The van der Waals surface area contributed by atoms with E-state index in [4.69, 9.17) is 11.6 Å². The average Bonchev–Trinajstić information content (AvgIpc) is 2.81. The normalized spacial score (nSPS) is 21.0. The number of piperazine rings is 1. The molecule has 8 nitrogen and oxygen atoms in total. The first-order chi connectivity index (χ1) is 16.7. The minimum Gasteiger partial charge on any atom is -0.352 e. The van der Waals surface area contributed by atoms with Gasteiger partial charge in [0.15, 0.2) is 0 Å². The van der Waals surface area contributed by atoms with Gasteiger partial charge in [-0.2, -0.15) is 0 Å². The lowest BCUT2D eigenvalue weighted by Gasteiger charge is -2.43. The van der Waals surface area contributed by atoms with Crippen LogP contribution < -0.4 is 15.5 Å². The molecule has 1 aromatic carbocycles. The molecule has 2 aromatic rings. The monoisotopic (exact) mass is 498 g/mol. The lowest BCUT2D eigenvalue weighted by Crippen LogP contribution is -2.55. The van der Waals surface area contributed by atoms with Crippen LogP contribution in [0.1, 0.15) is 63.5 Å². The fraction of sp³-hybridized carbons (Fsp3) is 0.538. The van der Waals surface area contributed by atoms with Gasteiger partial charge >= 0.3 is 0 Å². The number of carbonyl (C=O) groups is 2. The summed E-state index contributed by atoms with van der Waals surface area (Å²) in [5.41, 5.74) is 1.98. The summed E-state index contributed by atoms with van der Waals surface area (Å²) in [4.78, 5) is 38.9. The van der Waals surface area contributed by atoms with Crippen LogP contribution in [0.25, 0.3) is 0 Å². The molecule has 0 saturated carbocycles. The van der Waals surface area contributed by atoms with Crippen LogP contribution >= 0.6 is 11.6 Å². The summed E-state index contributed by atoms with van der Waals surface area (Å²) >= 11 is 6.11. The third-order valence-corrected chi connectivity index (χ3v) is 7.12. The Kier molecular flexibility index (Phi) is 7.91. The van der Waals surface area contributed by atoms with Crippen LogP contribution in [0, 0.1) is 0 Å². The molecule has 2 aliphatic heterocycles. The summed E-state index contributed by atoms with van der Waals surface area (Å²) in [7, 11) is 0. The number of carbonyl (C=O) groups excluding carboxylic acids is 2. The number of hydrogen-bond acceptors (Lipinski definition) is 6. The molecule has 2 amide bonds. The van der Waals surface area contributed by atoms with E-state index in [1.54, 1.807) is 0 Å². The topological polar surface area (TPSA) is 90.5 Å². The van der Waals surface area contributed by atoms with Gasteiger partial charge in [0, 0.05) is 48.7 Å². The SMILES string of the molecule is CC(C)NCC[C@@H](C(=O)N1CCN(c2ncnc3c2[C@H](C)CC(=O)N3)C[C@H]1C)c1ccc(Cl)cc1. The zero-order chi connectivity index (χ0) is 25.1. The van der Waals surface area contributed by atoms with Crippen LogP contribution in [-0.4, -0.2) is 64.9 Å². The highest BCUT2D eigenvalue weighted by Crippen LogP contribution is 2.37. The summed E-state index contributed by atoms with van der Waals surface area (Å²) in [6.07, 6.45) is 2.66. The van der Waals surface area contributed by atoms with Gasteiger partial charge in [-0.3, -0.25) is 9.59 Å². The van der Waals surface area contributed by atoms with E-state index in [2.05, 4.69) is 46.3 Å². The van der Waals surface area contributed by atoms with E-state index in [0.29, 0.717) is 42.9 Å². The lowest BCUT2D eigenvalue weighted by molar-refractivity contribution is -0.135. The molecule has 0 unspecified atom stereocenters. The minimum atomic E-state index is -0.227. The van der Waals surface area contributed by atoms with E-state index in [-0.39, 0.29) is 29.7 Å². The van der Waals surface area contributed by atoms with Gasteiger partial charge in [0.2, 0.25) is 11.8 Å². The third-order valence-electron chi connectivity index (χ3n) is 6.87. The molecule has 3 atom stereocenters. The first-order valence-electron chi connectivity index (χ1n) is 12.4. The standard InChI is InChI=1S/C26H35ClN6O2/c1-16(2)28-10-9-21(19-5-7-20(27)8-6-19)26(35)33-12-11-32(14-18(33)4)25-23-17(3)13-22(34)31-24(23)29-15-30-25/h5-8,15-18,21,28H,9-14H2,1-4H3,(H,29,30,31,34)/t17-,18-,21-/m1/s1. The number of benzene rings is 1. The van der Waals surface area contributed by atoms with Gasteiger partial charge in [0.1, 0.15) is 18.0 Å². The van der Waals surface area contributed by atoms with Crippen molar-refractivity contribution in [2.24, 2.45) is 0 Å². The van der Waals surface area contributed by atoms with Crippen molar-refractivity contribution in [3.05, 3.63) is 46.7 Å². The van der Waals surface area contributed by atoms with Crippen molar-refractivity contribution in [2.45, 2.75) is 64.5 Å². The van der Waals surface area contributed by atoms with Crippen molar-refractivity contribution in [2.75, 3.05) is 36.4 Å². The van der Waals surface area contributed by atoms with Gasteiger partial charge < -0.3 is 20.4 Å². The maximum absolute atomic E-state index is 13.8. The molecule has 0 radical (unpaired) electrons. The third kappa shape index (κ3) is 5.76. The molecule has 3 heterocycles. The summed E-state index contributed by atoms with van der Waals surface area (Å²) in [5, 5.41) is 6.99. The van der Waals surface area contributed by atoms with Gasteiger partial charge in [0.25, 0.3) is 0 Å². The van der Waals surface area contributed by atoms with E-state index >= 15 is 0 Å². The second-order valence-electron chi connectivity index (χ2n) is 9.94. The Morgan fingerprint density at radius 2 is 1.94 bits per heavy atom. The van der Waals surface area contributed by atoms with Crippen LogP contribution in [0.4, 0.5) is 11.6 Å². The number of amides is 2. The zero-order valence-corrected chi connectivity index (χ0v) is 21.7. The van der Waals surface area contributed by atoms with E-state index in [9.17, 15) is 9.59 Å². The van der Waals surface area contributed by atoms with Gasteiger partial charge in [-0.25, -0.2) is 9.97 Å². The summed E-state index contributed by atoms with van der Waals surface area (Å²) < 4.78 is 0. The summed E-state index contributed by atoms with van der Waals surface area (Å²) in [6, 6.07) is 8.01. The van der Waals surface area contributed by atoms with E-state index in [0.717, 1.165) is 29.9 Å². The van der Waals surface area contributed by atoms with Crippen molar-refractivity contribution in [1.82, 2.24) is 20.2 Å². The van der Waals surface area contributed by atoms with Gasteiger partial charge in [0.05, 0.1) is 5.92 Å². The Bertz CT molecular complexity index is 1060. The molecule has 4 rings (SSSR count). The molecule has 9 heteroatoms. The average molecular weight is 499 g/mol. The first-order valence-corrected chi connectivity index (χ1v) is 12.8. The fourth-order valence-corrected chi connectivity index (χ4v) is 5.20. The number of aromatic nitrogens is 2. The highest BCUT2D eigenvalue weighted by atomic mass is 35.5. The Balaban J connectivity index is 1.51. The van der Waals surface area contributed by atoms with E-state index in [1.165, 1.54) is 6.33 Å². The Morgan fingerprint density at radius 1 is 1.20 bits per heavy atom.